The summed E-state index contributed by atoms with van der Waals surface area (Å²) in [6.07, 6.45) is 0.0266. The molecule has 0 fully saturated rings. The molecule has 138 valence electrons. The molecule has 0 saturated heterocycles. The van der Waals surface area contributed by atoms with E-state index in [1.54, 1.807) is 24.3 Å². The van der Waals surface area contributed by atoms with Gasteiger partial charge < -0.3 is 20.5 Å². The van der Waals surface area contributed by atoms with E-state index in [0.29, 0.717) is 12.0 Å². The van der Waals surface area contributed by atoms with E-state index in [0.717, 1.165) is 5.56 Å². The summed E-state index contributed by atoms with van der Waals surface area (Å²) in [5.74, 6) is -2.72. The monoisotopic (exact) mass is 361 g/mol. The van der Waals surface area contributed by atoms with Crippen LogP contribution in [0.25, 0.3) is 0 Å². The lowest BCUT2D eigenvalue weighted by Gasteiger charge is -2.26. The molecular formula is C17H19N3O6. The Bertz CT molecular complexity index is 748. The van der Waals surface area contributed by atoms with Gasteiger partial charge in [-0.15, -0.1) is 0 Å². The first-order valence-corrected chi connectivity index (χ1v) is 7.95. The Hall–Kier alpha value is -3.23. The lowest BCUT2D eigenvalue weighted by Crippen LogP contribution is -2.53. The van der Waals surface area contributed by atoms with Crippen LogP contribution in [0.2, 0.25) is 0 Å². The number of para-hydroxylation sites is 1. The summed E-state index contributed by atoms with van der Waals surface area (Å²) in [4.78, 5) is 59.2. The number of anilines is 1. The Morgan fingerprint density at radius 1 is 1.31 bits per heavy atom. The number of aliphatic carboxylic acids is 1. The third kappa shape index (κ3) is 4.44. The molecule has 0 aromatic heterocycles. The van der Waals surface area contributed by atoms with Crippen LogP contribution in [-0.4, -0.2) is 53.7 Å². The average Bonchev–Trinajstić information content (AvgIpc) is 2.98. The molecule has 1 aromatic carbocycles. The van der Waals surface area contributed by atoms with E-state index in [-0.39, 0.29) is 18.9 Å². The van der Waals surface area contributed by atoms with Gasteiger partial charge in [0.05, 0.1) is 19.0 Å². The van der Waals surface area contributed by atoms with Crippen LogP contribution in [0.5, 0.6) is 0 Å². The number of nitrogens with zero attached hydrogens (tertiary/aromatic N) is 1. The molecule has 2 atom stereocenters. The summed E-state index contributed by atoms with van der Waals surface area (Å²) in [6, 6.07) is 4.84. The van der Waals surface area contributed by atoms with Gasteiger partial charge in [0.2, 0.25) is 17.7 Å². The van der Waals surface area contributed by atoms with Gasteiger partial charge in [0.1, 0.15) is 12.3 Å². The van der Waals surface area contributed by atoms with Gasteiger partial charge >= 0.3 is 5.97 Å². The maximum absolute atomic E-state index is 12.6. The molecule has 3 amide bonds. The molecule has 0 saturated carbocycles. The summed E-state index contributed by atoms with van der Waals surface area (Å²) < 4.78 is 0. The maximum Gasteiger partial charge on any atom is 0.305 e. The van der Waals surface area contributed by atoms with Crippen molar-refractivity contribution in [1.29, 1.82) is 0 Å². The molecule has 0 aliphatic carbocycles. The number of hydrogen-bond donors (Lipinski definition) is 3. The van der Waals surface area contributed by atoms with Gasteiger partial charge in [-0.05, 0) is 11.6 Å². The molecule has 2 rings (SSSR count). The van der Waals surface area contributed by atoms with Gasteiger partial charge in [-0.25, -0.2) is 0 Å². The Labute approximate surface area is 149 Å². The van der Waals surface area contributed by atoms with Gasteiger partial charge in [0.25, 0.3) is 0 Å². The van der Waals surface area contributed by atoms with Crippen molar-refractivity contribution in [3.8, 4) is 0 Å². The first-order valence-electron chi connectivity index (χ1n) is 7.95. The fourth-order valence-corrected chi connectivity index (χ4v) is 2.79. The third-order valence-corrected chi connectivity index (χ3v) is 3.92. The number of carboxylic acids is 1. The van der Waals surface area contributed by atoms with Gasteiger partial charge in [-0.3, -0.25) is 24.1 Å². The van der Waals surface area contributed by atoms with Gasteiger partial charge in [-0.2, -0.15) is 0 Å². The van der Waals surface area contributed by atoms with Crippen molar-refractivity contribution in [1.82, 2.24) is 10.6 Å². The van der Waals surface area contributed by atoms with E-state index in [4.69, 9.17) is 5.11 Å². The molecule has 1 aromatic rings. The lowest BCUT2D eigenvalue weighted by atomic mass is 10.1. The van der Waals surface area contributed by atoms with Crippen LogP contribution in [0.3, 0.4) is 0 Å². The molecule has 1 aliphatic rings. The molecule has 9 heteroatoms. The number of benzene rings is 1. The summed E-state index contributed by atoms with van der Waals surface area (Å²) in [5.41, 5.74) is 1.31. The maximum atomic E-state index is 12.6. The molecule has 0 bridgehead atoms. The predicted molar refractivity (Wildman–Crippen MR) is 90.4 cm³/mol. The van der Waals surface area contributed by atoms with Gasteiger partial charge in [-0.1, -0.05) is 18.2 Å². The van der Waals surface area contributed by atoms with E-state index in [2.05, 4.69) is 10.6 Å². The summed E-state index contributed by atoms with van der Waals surface area (Å²) >= 11 is 0. The zero-order chi connectivity index (χ0) is 19.3. The van der Waals surface area contributed by atoms with Gasteiger partial charge in [0.15, 0.2) is 0 Å². The third-order valence-electron chi connectivity index (χ3n) is 3.92. The van der Waals surface area contributed by atoms with Crippen LogP contribution in [0.4, 0.5) is 5.69 Å². The van der Waals surface area contributed by atoms with E-state index >= 15 is 0 Å². The Balaban J connectivity index is 2.21. The highest BCUT2D eigenvalue weighted by atomic mass is 16.4. The summed E-state index contributed by atoms with van der Waals surface area (Å²) in [6.45, 7) is 0.996. The van der Waals surface area contributed by atoms with E-state index in [1.165, 1.54) is 11.8 Å². The molecule has 26 heavy (non-hydrogen) atoms. The second-order valence-corrected chi connectivity index (χ2v) is 5.87. The second kappa shape index (κ2) is 8.24. The normalized spacial score (nSPS) is 16.3. The number of carbonyl (C=O) groups excluding carboxylic acids is 4. The minimum atomic E-state index is -1.23. The van der Waals surface area contributed by atoms with E-state index in [1.807, 2.05) is 0 Å². The highest BCUT2D eigenvalue weighted by Crippen LogP contribution is 2.32. The van der Waals surface area contributed by atoms with Crippen LogP contribution >= 0.6 is 0 Å². The second-order valence-electron chi connectivity index (χ2n) is 5.87. The highest BCUT2D eigenvalue weighted by Gasteiger charge is 2.38. The smallest absolute Gasteiger partial charge is 0.305 e. The Kier molecular flexibility index (Phi) is 6.05. The zero-order valence-corrected chi connectivity index (χ0v) is 14.1. The van der Waals surface area contributed by atoms with E-state index < -0.39 is 36.3 Å². The van der Waals surface area contributed by atoms with Crippen molar-refractivity contribution in [3.63, 3.8) is 0 Å². The molecule has 1 heterocycles. The fourth-order valence-electron chi connectivity index (χ4n) is 2.79. The average molecular weight is 361 g/mol. The molecular weight excluding hydrogens is 342 g/mol. The topological polar surface area (TPSA) is 133 Å². The number of nitrogens with one attached hydrogen (secondary N) is 2. The number of amides is 3. The molecule has 3 N–H and O–H groups in total. The fraction of sp³-hybridized carbons (Fsp3) is 0.353. The standard InChI is InChI=1S/C17H19N3O6/c1-10(22)18-8-15(23)20-13-5-3-2-4-11(13)6-14(20)17(26)19-12(9-21)7-16(24)25/h2-5,9,12,14H,6-8H2,1H3,(H,18,22)(H,19,26)(H,24,25)/t12?,14-/m0/s1. The first kappa shape index (κ1) is 19.1. The molecule has 0 spiro atoms. The number of carboxylic acid groups (broad SMARTS) is 1. The van der Waals surface area contributed by atoms with Crippen molar-refractivity contribution in [2.45, 2.75) is 31.8 Å². The minimum absolute atomic E-state index is 0.229. The van der Waals surface area contributed by atoms with Crippen LogP contribution < -0.4 is 15.5 Å². The Morgan fingerprint density at radius 3 is 2.62 bits per heavy atom. The Morgan fingerprint density at radius 2 is 2.00 bits per heavy atom. The number of hydrogen-bond acceptors (Lipinski definition) is 5. The number of carbonyl (C=O) groups is 5. The predicted octanol–water partition coefficient (Wildman–Crippen LogP) is -0.761. The molecule has 1 unspecified atom stereocenters. The van der Waals surface area contributed by atoms with Crippen molar-refractivity contribution in [3.05, 3.63) is 29.8 Å². The van der Waals surface area contributed by atoms with Crippen molar-refractivity contribution >= 4 is 35.7 Å². The van der Waals surface area contributed by atoms with Gasteiger partial charge in [0, 0.05) is 19.0 Å². The van der Waals surface area contributed by atoms with E-state index in [9.17, 15) is 24.0 Å². The number of rotatable bonds is 7. The molecule has 1 aliphatic heterocycles. The van der Waals surface area contributed by atoms with Crippen LogP contribution in [0.1, 0.15) is 18.9 Å². The number of fused-ring (bicyclic) bond motifs is 1. The minimum Gasteiger partial charge on any atom is -0.481 e. The van der Waals surface area contributed by atoms with Crippen LogP contribution in [-0.2, 0) is 30.4 Å². The zero-order valence-electron chi connectivity index (χ0n) is 14.1. The first-order chi connectivity index (χ1) is 12.3. The molecule has 0 radical (unpaired) electrons. The quantitative estimate of drug-likeness (QED) is 0.547. The SMILES string of the molecule is CC(=O)NCC(=O)N1c2ccccc2C[C@H]1C(=O)NC(C=O)CC(=O)O. The van der Waals surface area contributed by atoms with Crippen molar-refractivity contribution < 1.29 is 29.1 Å². The largest absolute Gasteiger partial charge is 0.481 e. The van der Waals surface area contributed by atoms with Crippen molar-refractivity contribution in [2.24, 2.45) is 0 Å². The van der Waals surface area contributed by atoms with Crippen LogP contribution in [0.15, 0.2) is 24.3 Å². The highest BCUT2D eigenvalue weighted by molar-refractivity contribution is 6.05. The number of aldehydes is 1. The van der Waals surface area contributed by atoms with Crippen molar-refractivity contribution in [2.75, 3.05) is 11.4 Å². The molecule has 9 nitrogen and oxygen atoms in total. The summed E-state index contributed by atoms with van der Waals surface area (Å²) in [7, 11) is 0. The summed E-state index contributed by atoms with van der Waals surface area (Å²) in [5, 5.41) is 13.5. The van der Waals surface area contributed by atoms with Crippen LogP contribution in [0, 0.1) is 0 Å². The lowest BCUT2D eigenvalue weighted by molar-refractivity contribution is -0.139.